The van der Waals surface area contributed by atoms with Crippen LogP contribution in [-0.2, 0) is 28.6 Å². The minimum atomic E-state index is -0.334. The van der Waals surface area contributed by atoms with Crippen LogP contribution in [0.15, 0.2) is 0 Å². The number of hydrogen-bond acceptors (Lipinski definition) is 5. The van der Waals surface area contributed by atoms with Gasteiger partial charge in [-0.05, 0) is 6.92 Å². The van der Waals surface area contributed by atoms with Gasteiger partial charge in [0.2, 0.25) is 0 Å². The van der Waals surface area contributed by atoms with Gasteiger partial charge in [-0.15, -0.1) is 0 Å². The maximum absolute atomic E-state index is 10.3. The number of aromatic nitrogens is 3. The molecule has 1 aliphatic rings. The average molecular weight is 244 g/mol. The first-order chi connectivity index (χ1) is 7.68. The quantitative estimate of drug-likeness (QED) is 0.606. The van der Waals surface area contributed by atoms with Crippen LogP contribution in [0.5, 0.6) is 0 Å². The summed E-state index contributed by atoms with van der Waals surface area (Å²) in [6.07, 6.45) is 0.139. The van der Waals surface area contributed by atoms with Crippen molar-refractivity contribution in [3.05, 3.63) is 11.6 Å². The number of rotatable bonds is 2. The van der Waals surface area contributed by atoms with Crippen molar-refractivity contribution in [2.24, 2.45) is 0 Å². The number of ether oxygens (including phenoxy) is 1. The third kappa shape index (κ3) is 5.74. The topological polar surface area (TPSA) is 84.5 Å². The molecule has 0 aliphatic carbocycles. The average Bonchev–Trinajstić information content (AvgIpc) is 2.66. The molecule has 1 saturated heterocycles. The zero-order valence-electron chi connectivity index (χ0n) is 9.23. The zero-order valence-corrected chi connectivity index (χ0v) is 10.0. The van der Waals surface area contributed by atoms with Gasteiger partial charge in [0, 0.05) is 11.5 Å². The standard InChI is InChI=1S/C5H7N3OS.C4H9NO/c1-3-6-4(8-7-3)2-5(9)10;1-3-6-4-2-5-1/h2H2,1H3,(H,9,10)(H,6,7,8);5H,1-4H2. The van der Waals surface area contributed by atoms with Crippen LogP contribution in [0, 0.1) is 6.92 Å². The first-order valence-electron chi connectivity index (χ1n) is 5.15. The van der Waals surface area contributed by atoms with Crippen LogP contribution in [0.2, 0.25) is 0 Å². The number of carbonyl (C=O) groups excluding carboxylic acids is 1. The zero-order chi connectivity index (χ0) is 11.8. The van der Waals surface area contributed by atoms with Gasteiger partial charge in [-0.3, -0.25) is 5.10 Å². The molecular weight excluding hydrogens is 228 g/mol. The van der Waals surface area contributed by atoms with Crippen molar-refractivity contribution in [2.75, 3.05) is 26.3 Å². The highest BCUT2D eigenvalue weighted by atomic mass is 32.1. The third-order valence-corrected chi connectivity index (χ3v) is 2.02. The number of nitrogens with zero attached hydrogens (tertiary/aromatic N) is 2. The van der Waals surface area contributed by atoms with Crippen LogP contribution < -0.4 is 5.32 Å². The predicted octanol–water partition coefficient (Wildman–Crippen LogP) is -1.69. The van der Waals surface area contributed by atoms with Crippen LogP contribution in [0.1, 0.15) is 11.6 Å². The van der Waals surface area contributed by atoms with Gasteiger partial charge in [0.25, 0.3) is 0 Å². The van der Waals surface area contributed by atoms with E-state index in [9.17, 15) is 4.79 Å². The number of nitrogens with one attached hydrogen (secondary N) is 1. The van der Waals surface area contributed by atoms with E-state index < -0.39 is 0 Å². The summed E-state index contributed by atoms with van der Waals surface area (Å²) in [5, 5.41) is 8.28. The van der Waals surface area contributed by atoms with Crippen LogP contribution >= 0.6 is 0 Å². The van der Waals surface area contributed by atoms with Crippen LogP contribution in [0.25, 0.3) is 0 Å². The summed E-state index contributed by atoms with van der Waals surface area (Å²) < 4.78 is 5.04. The molecule has 7 heteroatoms. The van der Waals surface area contributed by atoms with Gasteiger partial charge in [0.1, 0.15) is 5.82 Å². The highest BCUT2D eigenvalue weighted by Crippen LogP contribution is 1.91. The van der Waals surface area contributed by atoms with Crippen molar-refractivity contribution in [3.63, 3.8) is 0 Å². The Bertz CT molecular complexity index is 314. The second kappa shape index (κ2) is 7.26. The van der Waals surface area contributed by atoms with Gasteiger partial charge in [0.15, 0.2) is 5.82 Å². The number of quaternary nitrogens is 1. The monoisotopic (exact) mass is 244 g/mol. The SMILES string of the molecule is C1COCC[NH2+]1.Cc1nc(CC(=O)[S-])n[nH]1. The maximum Gasteiger partial charge on any atom is 0.156 e. The van der Waals surface area contributed by atoms with E-state index in [2.05, 4.69) is 33.1 Å². The van der Waals surface area contributed by atoms with Gasteiger partial charge < -0.3 is 27.5 Å². The molecule has 0 unspecified atom stereocenters. The summed E-state index contributed by atoms with van der Waals surface area (Å²) in [5.74, 6) is 1.17. The summed E-state index contributed by atoms with van der Waals surface area (Å²) in [6, 6.07) is 0. The molecule has 0 spiro atoms. The van der Waals surface area contributed by atoms with E-state index in [-0.39, 0.29) is 11.5 Å². The molecule has 0 atom stereocenters. The van der Waals surface area contributed by atoms with Crippen molar-refractivity contribution < 1.29 is 14.8 Å². The Hall–Kier alpha value is -1.05. The van der Waals surface area contributed by atoms with Crippen molar-refractivity contribution >= 4 is 17.7 Å². The predicted molar refractivity (Wildman–Crippen MR) is 59.7 cm³/mol. The molecule has 3 N–H and O–H groups in total. The second-order valence-corrected chi connectivity index (χ2v) is 3.82. The van der Waals surface area contributed by atoms with E-state index in [1.807, 2.05) is 0 Å². The smallest absolute Gasteiger partial charge is 0.156 e. The molecule has 16 heavy (non-hydrogen) atoms. The molecule has 6 nitrogen and oxygen atoms in total. The molecule has 2 rings (SSSR count). The second-order valence-electron chi connectivity index (χ2n) is 3.36. The van der Waals surface area contributed by atoms with Crippen LogP contribution in [0.3, 0.4) is 0 Å². The molecule has 1 fully saturated rings. The number of aromatic amines is 1. The summed E-state index contributed by atoms with van der Waals surface area (Å²) in [4.78, 5) is 14.2. The summed E-state index contributed by atoms with van der Waals surface area (Å²) >= 11 is 4.34. The first-order valence-corrected chi connectivity index (χ1v) is 5.56. The molecule has 1 aliphatic heterocycles. The number of aryl methyl sites for hydroxylation is 1. The minimum absolute atomic E-state index is 0.139. The Morgan fingerprint density at radius 3 is 2.56 bits per heavy atom. The number of carbonyl (C=O) groups is 1. The lowest BCUT2D eigenvalue weighted by atomic mass is 10.4. The van der Waals surface area contributed by atoms with Crippen molar-refractivity contribution in [2.45, 2.75) is 13.3 Å². The largest absolute Gasteiger partial charge is 0.742 e. The number of nitrogens with two attached hydrogens (primary N) is 1. The highest BCUT2D eigenvalue weighted by Gasteiger charge is 1.97. The molecule has 90 valence electrons. The van der Waals surface area contributed by atoms with E-state index in [0.29, 0.717) is 11.6 Å². The highest BCUT2D eigenvalue weighted by molar-refractivity contribution is 7.77. The number of H-pyrrole nitrogens is 1. The van der Waals surface area contributed by atoms with E-state index in [0.717, 1.165) is 26.3 Å². The Balaban J connectivity index is 0.000000181. The fraction of sp³-hybridized carbons (Fsp3) is 0.667. The molecule has 0 bridgehead atoms. The summed E-state index contributed by atoms with van der Waals surface area (Å²) in [5.41, 5.74) is 0. The maximum atomic E-state index is 10.3. The number of morpholine rings is 1. The van der Waals surface area contributed by atoms with Crippen LogP contribution in [-0.4, -0.2) is 46.6 Å². The number of hydrogen-bond donors (Lipinski definition) is 2. The van der Waals surface area contributed by atoms with Gasteiger partial charge in [-0.2, -0.15) is 5.10 Å². The van der Waals surface area contributed by atoms with Crippen molar-refractivity contribution in [1.82, 2.24) is 15.2 Å². The molecular formula is C9H16N4O2S. The first kappa shape index (κ1) is 13.0. The van der Waals surface area contributed by atoms with Gasteiger partial charge in [-0.25, -0.2) is 4.98 Å². The van der Waals surface area contributed by atoms with Crippen molar-refractivity contribution in [3.8, 4) is 0 Å². The lowest BCUT2D eigenvalue weighted by Gasteiger charge is -2.07. The van der Waals surface area contributed by atoms with E-state index in [4.69, 9.17) is 4.74 Å². The lowest BCUT2D eigenvalue weighted by molar-refractivity contribution is -0.670. The normalized spacial score (nSPS) is 15.1. The Morgan fingerprint density at radius 2 is 2.25 bits per heavy atom. The Morgan fingerprint density at radius 1 is 1.56 bits per heavy atom. The fourth-order valence-corrected chi connectivity index (χ4v) is 1.31. The Labute approximate surface area is 99.6 Å². The Kier molecular flexibility index (Phi) is 5.91. The molecule has 0 aromatic carbocycles. The fourth-order valence-electron chi connectivity index (χ4n) is 1.18. The van der Waals surface area contributed by atoms with Gasteiger partial charge >= 0.3 is 0 Å². The van der Waals surface area contributed by atoms with E-state index >= 15 is 0 Å². The summed E-state index contributed by atoms with van der Waals surface area (Å²) in [7, 11) is 0. The molecule has 2 heterocycles. The lowest BCUT2D eigenvalue weighted by Crippen LogP contribution is -2.87. The van der Waals surface area contributed by atoms with E-state index in [1.165, 1.54) is 0 Å². The molecule has 0 saturated carbocycles. The van der Waals surface area contributed by atoms with E-state index in [1.54, 1.807) is 6.92 Å². The molecule has 0 amide bonds. The third-order valence-electron chi connectivity index (χ3n) is 1.88. The minimum Gasteiger partial charge on any atom is -0.742 e. The summed E-state index contributed by atoms with van der Waals surface area (Å²) in [6.45, 7) is 5.96. The van der Waals surface area contributed by atoms with Crippen molar-refractivity contribution in [1.29, 1.82) is 0 Å². The van der Waals surface area contributed by atoms with Crippen LogP contribution in [0.4, 0.5) is 0 Å². The van der Waals surface area contributed by atoms with Gasteiger partial charge in [0.05, 0.1) is 26.3 Å². The molecule has 0 radical (unpaired) electrons. The van der Waals surface area contributed by atoms with Gasteiger partial charge in [-0.1, -0.05) is 0 Å². The molecule has 1 aromatic heterocycles. The molecule has 1 aromatic rings.